The van der Waals surface area contributed by atoms with E-state index in [2.05, 4.69) is 0 Å². The number of aliphatic hydroxyl groups excluding tert-OH is 1. The van der Waals surface area contributed by atoms with Crippen LogP contribution in [0.15, 0.2) is 0 Å². The van der Waals surface area contributed by atoms with Crippen molar-refractivity contribution in [3.8, 4) is 0 Å². The van der Waals surface area contributed by atoms with Gasteiger partial charge in [-0.1, -0.05) is 12.2 Å². The SMILES string of the molecule is NC(=S)C1CN(C(=O)[O-])CCC1O. The molecule has 0 aromatic carbocycles. The van der Waals surface area contributed by atoms with Gasteiger partial charge < -0.3 is 25.6 Å². The van der Waals surface area contributed by atoms with Gasteiger partial charge in [0, 0.05) is 13.1 Å². The van der Waals surface area contributed by atoms with E-state index in [0.29, 0.717) is 6.42 Å². The fourth-order valence-corrected chi connectivity index (χ4v) is 1.62. The summed E-state index contributed by atoms with van der Waals surface area (Å²) in [6.45, 7) is 0.418. The third-order valence-electron chi connectivity index (χ3n) is 2.20. The molecule has 1 fully saturated rings. The molecule has 5 nitrogen and oxygen atoms in total. The standard InChI is InChI=1S/C7H12N2O3S/c8-6(13)4-3-9(7(11)12)2-1-5(4)10/h4-5,10H,1-3H2,(H2,8,13)(H,11,12)/p-1. The van der Waals surface area contributed by atoms with Crippen LogP contribution in [0, 0.1) is 5.92 Å². The number of nitrogens with zero attached hydrogens (tertiary/aromatic N) is 1. The predicted molar refractivity (Wildman–Crippen MR) is 47.9 cm³/mol. The number of piperidine rings is 1. The maximum Gasteiger partial charge on any atom is 0.136 e. The molecule has 1 saturated heterocycles. The quantitative estimate of drug-likeness (QED) is 0.496. The highest BCUT2D eigenvalue weighted by Gasteiger charge is 2.29. The van der Waals surface area contributed by atoms with Crippen molar-refractivity contribution in [3.05, 3.63) is 0 Å². The molecule has 3 N–H and O–H groups in total. The Balaban J connectivity index is 2.63. The molecule has 0 aromatic rings. The van der Waals surface area contributed by atoms with E-state index < -0.39 is 18.1 Å². The minimum atomic E-state index is -1.24. The second-order valence-corrected chi connectivity index (χ2v) is 3.55. The third-order valence-corrected chi connectivity index (χ3v) is 2.50. The molecular formula is C7H11N2O3S-. The molecule has 1 aliphatic rings. The zero-order chi connectivity index (χ0) is 10.0. The first-order chi connectivity index (χ1) is 6.02. The average molecular weight is 203 g/mol. The number of aliphatic hydroxyl groups is 1. The summed E-state index contributed by atoms with van der Waals surface area (Å²) in [4.78, 5) is 11.7. The van der Waals surface area contributed by atoms with Gasteiger partial charge in [0.2, 0.25) is 0 Å². The molecule has 0 radical (unpaired) electrons. The second kappa shape index (κ2) is 3.89. The molecule has 0 bridgehead atoms. The zero-order valence-corrected chi connectivity index (χ0v) is 7.79. The largest absolute Gasteiger partial charge is 0.530 e. The van der Waals surface area contributed by atoms with E-state index in [1.54, 1.807) is 0 Å². The number of nitrogens with two attached hydrogens (primary N) is 1. The lowest BCUT2D eigenvalue weighted by molar-refractivity contribution is -0.267. The van der Waals surface area contributed by atoms with Crippen LogP contribution in [-0.4, -0.2) is 40.3 Å². The van der Waals surface area contributed by atoms with Crippen molar-refractivity contribution in [2.24, 2.45) is 11.7 Å². The normalized spacial score (nSPS) is 28.5. The Hall–Kier alpha value is -0.880. The number of hydrogen-bond acceptors (Lipinski definition) is 4. The number of rotatable bonds is 1. The van der Waals surface area contributed by atoms with E-state index in [1.165, 1.54) is 0 Å². The van der Waals surface area contributed by atoms with Crippen molar-refractivity contribution in [1.29, 1.82) is 0 Å². The number of likely N-dealkylation sites (tertiary alicyclic amines) is 1. The van der Waals surface area contributed by atoms with Crippen molar-refractivity contribution in [2.45, 2.75) is 12.5 Å². The number of hydrogen-bond donors (Lipinski definition) is 2. The number of carbonyl (C=O) groups excluding carboxylic acids is 1. The molecular weight excluding hydrogens is 192 g/mol. The van der Waals surface area contributed by atoms with Crippen LogP contribution in [0.2, 0.25) is 0 Å². The number of carbonyl (C=O) groups is 1. The molecule has 74 valence electrons. The van der Waals surface area contributed by atoms with Crippen LogP contribution < -0.4 is 10.8 Å². The summed E-state index contributed by atoms with van der Waals surface area (Å²) in [7, 11) is 0. The van der Waals surface area contributed by atoms with Crippen LogP contribution in [0.25, 0.3) is 0 Å². The predicted octanol–water partition coefficient (Wildman–Crippen LogP) is -1.70. The van der Waals surface area contributed by atoms with E-state index >= 15 is 0 Å². The molecule has 1 amide bonds. The monoisotopic (exact) mass is 203 g/mol. The summed E-state index contributed by atoms with van der Waals surface area (Å²) in [5, 5.41) is 19.9. The molecule has 1 aliphatic heterocycles. The van der Waals surface area contributed by atoms with Crippen LogP contribution in [0.3, 0.4) is 0 Å². The topological polar surface area (TPSA) is 89.6 Å². The van der Waals surface area contributed by atoms with E-state index in [4.69, 9.17) is 18.0 Å². The summed E-state index contributed by atoms with van der Waals surface area (Å²) in [5.41, 5.74) is 5.35. The summed E-state index contributed by atoms with van der Waals surface area (Å²) in [6.07, 6.45) is -1.52. The fourth-order valence-electron chi connectivity index (χ4n) is 1.39. The van der Waals surface area contributed by atoms with E-state index in [0.717, 1.165) is 4.90 Å². The van der Waals surface area contributed by atoms with Gasteiger partial charge in [-0.3, -0.25) is 0 Å². The van der Waals surface area contributed by atoms with Crippen LogP contribution in [0.1, 0.15) is 6.42 Å². The molecule has 0 aromatic heterocycles. The highest BCUT2D eigenvalue weighted by molar-refractivity contribution is 7.80. The molecule has 0 spiro atoms. The lowest BCUT2D eigenvalue weighted by atomic mass is 9.95. The van der Waals surface area contributed by atoms with Crippen LogP contribution >= 0.6 is 12.2 Å². The van der Waals surface area contributed by atoms with Crippen molar-refractivity contribution < 1.29 is 15.0 Å². The Kier molecular flexibility index (Phi) is 3.05. The highest BCUT2D eigenvalue weighted by atomic mass is 32.1. The van der Waals surface area contributed by atoms with Crippen LogP contribution in [0.4, 0.5) is 4.79 Å². The molecule has 1 heterocycles. The maximum absolute atomic E-state index is 10.5. The van der Waals surface area contributed by atoms with Crippen molar-refractivity contribution in [3.63, 3.8) is 0 Å². The highest BCUT2D eigenvalue weighted by Crippen LogP contribution is 2.16. The van der Waals surface area contributed by atoms with E-state index in [9.17, 15) is 15.0 Å². The number of thiocarbonyl (C=S) groups is 1. The second-order valence-electron chi connectivity index (χ2n) is 3.08. The zero-order valence-electron chi connectivity index (χ0n) is 6.97. The molecule has 2 unspecified atom stereocenters. The Labute approximate surface area is 81.1 Å². The smallest absolute Gasteiger partial charge is 0.136 e. The van der Waals surface area contributed by atoms with Gasteiger partial charge in [0.15, 0.2) is 0 Å². The average Bonchev–Trinajstić information content (AvgIpc) is 2.04. The van der Waals surface area contributed by atoms with Gasteiger partial charge in [0.25, 0.3) is 0 Å². The van der Waals surface area contributed by atoms with E-state index in [-0.39, 0.29) is 18.1 Å². The Bertz CT molecular complexity index is 234. The molecule has 6 heteroatoms. The molecule has 0 saturated carbocycles. The Morgan fingerprint density at radius 2 is 2.31 bits per heavy atom. The molecule has 2 atom stereocenters. The van der Waals surface area contributed by atoms with Crippen molar-refractivity contribution >= 4 is 23.3 Å². The van der Waals surface area contributed by atoms with Crippen molar-refractivity contribution in [1.82, 2.24) is 4.90 Å². The summed E-state index contributed by atoms with van der Waals surface area (Å²) in [6, 6.07) is 0. The fraction of sp³-hybridized carbons (Fsp3) is 0.714. The first-order valence-electron chi connectivity index (χ1n) is 3.95. The van der Waals surface area contributed by atoms with Gasteiger partial charge in [-0.15, -0.1) is 0 Å². The van der Waals surface area contributed by atoms with Gasteiger partial charge >= 0.3 is 0 Å². The first-order valence-corrected chi connectivity index (χ1v) is 4.36. The van der Waals surface area contributed by atoms with Gasteiger partial charge in [-0.2, -0.15) is 0 Å². The van der Waals surface area contributed by atoms with Gasteiger partial charge in [0.1, 0.15) is 6.09 Å². The molecule has 1 rings (SSSR count). The van der Waals surface area contributed by atoms with E-state index in [1.807, 2.05) is 0 Å². The minimum absolute atomic E-state index is 0.138. The lowest BCUT2D eigenvalue weighted by Gasteiger charge is -2.37. The Morgan fingerprint density at radius 1 is 1.69 bits per heavy atom. The molecule has 0 aliphatic carbocycles. The van der Waals surface area contributed by atoms with Crippen LogP contribution in [0.5, 0.6) is 0 Å². The Morgan fingerprint density at radius 3 is 2.77 bits per heavy atom. The maximum atomic E-state index is 10.5. The third kappa shape index (κ3) is 2.28. The van der Waals surface area contributed by atoms with Crippen LogP contribution in [-0.2, 0) is 0 Å². The number of amides is 1. The number of carboxylic acid groups (broad SMARTS) is 1. The van der Waals surface area contributed by atoms with Gasteiger partial charge in [0.05, 0.1) is 17.0 Å². The lowest BCUT2D eigenvalue weighted by Crippen LogP contribution is -2.53. The minimum Gasteiger partial charge on any atom is -0.530 e. The first kappa shape index (κ1) is 10.2. The summed E-state index contributed by atoms with van der Waals surface area (Å²) in [5.74, 6) is -0.443. The summed E-state index contributed by atoms with van der Waals surface area (Å²) >= 11 is 4.71. The van der Waals surface area contributed by atoms with Crippen molar-refractivity contribution in [2.75, 3.05) is 13.1 Å². The van der Waals surface area contributed by atoms with Gasteiger partial charge in [-0.05, 0) is 6.42 Å². The van der Waals surface area contributed by atoms with Gasteiger partial charge in [-0.25, -0.2) is 0 Å². The summed E-state index contributed by atoms with van der Waals surface area (Å²) < 4.78 is 0. The molecule has 13 heavy (non-hydrogen) atoms.